The molecule has 0 bridgehead atoms. The lowest BCUT2D eigenvalue weighted by atomic mass is 10.1. The van der Waals surface area contributed by atoms with Gasteiger partial charge in [0, 0.05) is 13.1 Å². The lowest BCUT2D eigenvalue weighted by Gasteiger charge is -2.26. The van der Waals surface area contributed by atoms with Gasteiger partial charge in [-0.1, -0.05) is 6.07 Å². The number of ether oxygens (including phenoxy) is 2. The summed E-state index contributed by atoms with van der Waals surface area (Å²) in [7, 11) is 1.37. The Bertz CT molecular complexity index is 601. The first-order valence-electron chi connectivity index (χ1n) is 6.48. The van der Waals surface area contributed by atoms with E-state index < -0.39 is 5.82 Å². The second-order valence-electron chi connectivity index (χ2n) is 4.47. The largest absolute Gasteiger partial charge is 0.494 e. The van der Waals surface area contributed by atoms with Crippen LogP contribution in [0.5, 0.6) is 5.75 Å². The van der Waals surface area contributed by atoms with Gasteiger partial charge in [-0.25, -0.2) is 4.39 Å². The van der Waals surface area contributed by atoms with E-state index in [-0.39, 0.29) is 17.2 Å². The molecule has 2 rings (SSSR count). The second kappa shape index (κ2) is 6.86. The summed E-state index contributed by atoms with van der Waals surface area (Å²) in [6.45, 7) is 1.83. The maximum absolute atomic E-state index is 13.6. The van der Waals surface area contributed by atoms with E-state index >= 15 is 0 Å². The molecule has 1 aromatic rings. The van der Waals surface area contributed by atoms with Gasteiger partial charge in [-0.2, -0.15) is 5.26 Å². The normalized spacial score (nSPS) is 15.5. The van der Waals surface area contributed by atoms with Gasteiger partial charge in [0.15, 0.2) is 11.6 Å². The van der Waals surface area contributed by atoms with Crippen LogP contribution in [0.4, 0.5) is 4.39 Å². The smallest absolute Gasteiger partial charge is 0.264 e. The zero-order valence-corrected chi connectivity index (χ0v) is 11.6. The number of nitrogens with zero attached hydrogens (tertiary/aromatic N) is 2. The summed E-state index contributed by atoms with van der Waals surface area (Å²) in [6, 6.07) is 6.14. The van der Waals surface area contributed by atoms with Crippen molar-refractivity contribution in [3.63, 3.8) is 0 Å². The standard InChI is InChI=1S/C15H15FN2O3/c1-20-14-3-2-11(9-13(14)16)8-12(10-17)15(19)18-4-6-21-7-5-18/h2-3,8-9H,4-7H2,1H3/b12-8+. The molecule has 0 aromatic heterocycles. The van der Waals surface area contributed by atoms with Gasteiger partial charge < -0.3 is 14.4 Å². The highest BCUT2D eigenvalue weighted by atomic mass is 19.1. The molecule has 1 saturated heterocycles. The molecule has 1 aromatic carbocycles. The van der Waals surface area contributed by atoms with E-state index in [1.807, 2.05) is 6.07 Å². The number of amides is 1. The molecule has 0 atom stereocenters. The summed E-state index contributed by atoms with van der Waals surface area (Å²) in [5, 5.41) is 9.14. The van der Waals surface area contributed by atoms with Crippen molar-refractivity contribution in [1.82, 2.24) is 4.90 Å². The Balaban J connectivity index is 2.22. The summed E-state index contributed by atoms with van der Waals surface area (Å²) < 4.78 is 23.6. The molecule has 0 unspecified atom stereocenters. The quantitative estimate of drug-likeness (QED) is 0.626. The van der Waals surface area contributed by atoms with Crippen LogP contribution in [-0.2, 0) is 9.53 Å². The van der Waals surface area contributed by atoms with E-state index in [0.717, 1.165) is 0 Å². The van der Waals surface area contributed by atoms with Crippen LogP contribution >= 0.6 is 0 Å². The van der Waals surface area contributed by atoms with Crippen molar-refractivity contribution in [1.29, 1.82) is 5.26 Å². The Hall–Kier alpha value is -2.39. The number of rotatable bonds is 3. The molecule has 5 nitrogen and oxygen atoms in total. The molecule has 0 N–H and O–H groups in total. The fourth-order valence-corrected chi connectivity index (χ4v) is 2.02. The molecular weight excluding hydrogens is 275 g/mol. The van der Waals surface area contributed by atoms with Crippen LogP contribution < -0.4 is 4.74 Å². The van der Waals surface area contributed by atoms with Gasteiger partial charge in [-0.3, -0.25) is 4.79 Å². The number of hydrogen-bond donors (Lipinski definition) is 0. The molecule has 0 radical (unpaired) electrons. The van der Waals surface area contributed by atoms with E-state index in [9.17, 15) is 9.18 Å². The minimum atomic E-state index is -0.539. The average molecular weight is 290 g/mol. The molecule has 0 spiro atoms. The minimum Gasteiger partial charge on any atom is -0.494 e. The third-order valence-electron chi connectivity index (χ3n) is 3.14. The predicted octanol–water partition coefficient (Wildman–Crippen LogP) is 1.60. The molecular formula is C15H15FN2O3. The average Bonchev–Trinajstić information content (AvgIpc) is 2.53. The SMILES string of the molecule is COc1ccc(/C=C(\C#N)C(=O)N2CCOCC2)cc1F. The highest BCUT2D eigenvalue weighted by Crippen LogP contribution is 2.19. The number of carbonyl (C=O) groups is 1. The number of benzene rings is 1. The zero-order valence-electron chi connectivity index (χ0n) is 11.6. The fraction of sp³-hybridized carbons (Fsp3) is 0.333. The minimum absolute atomic E-state index is 0.0264. The molecule has 0 saturated carbocycles. The second-order valence-corrected chi connectivity index (χ2v) is 4.47. The van der Waals surface area contributed by atoms with E-state index in [1.165, 1.54) is 25.3 Å². The van der Waals surface area contributed by atoms with E-state index in [0.29, 0.717) is 31.9 Å². The maximum atomic E-state index is 13.6. The molecule has 1 aliphatic rings. The summed E-state index contributed by atoms with van der Waals surface area (Å²) in [6.07, 6.45) is 1.38. The van der Waals surface area contributed by atoms with Gasteiger partial charge in [0.1, 0.15) is 11.6 Å². The number of halogens is 1. The third kappa shape index (κ3) is 3.58. The Morgan fingerprint density at radius 3 is 2.76 bits per heavy atom. The van der Waals surface area contributed by atoms with E-state index in [2.05, 4.69) is 0 Å². The van der Waals surface area contributed by atoms with E-state index in [4.69, 9.17) is 14.7 Å². The molecule has 1 aliphatic heterocycles. The van der Waals surface area contributed by atoms with E-state index in [1.54, 1.807) is 11.0 Å². The lowest BCUT2D eigenvalue weighted by molar-refractivity contribution is -0.130. The fourth-order valence-electron chi connectivity index (χ4n) is 2.02. The molecule has 1 heterocycles. The van der Waals surface area contributed by atoms with Crippen molar-refractivity contribution < 1.29 is 18.7 Å². The Morgan fingerprint density at radius 2 is 2.19 bits per heavy atom. The monoisotopic (exact) mass is 290 g/mol. The highest BCUT2D eigenvalue weighted by molar-refractivity contribution is 6.01. The first-order valence-corrected chi connectivity index (χ1v) is 6.48. The molecule has 0 aliphatic carbocycles. The van der Waals surface area contributed by atoms with Crippen LogP contribution in [0, 0.1) is 17.1 Å². The molecule has 1 amide bonds. The van der Waals surface area contributed by atoms with Crippen LogP contribution in [0.2, 0.25) is 0 Å². The highest BCUT2D eigenvalue weighted by Gasteiger charge is 2.20. The van der Waals surface area contributed by atoms with Crippen molar-refractivity contribution >= 4 is 12.0 Å². The number of nitriles is 1. The van der Waals surface area contributed by atoms with Gasteiger partial charge in [0.05, 0.1) is 20.3 Å². The number of morpholine rings is 1. The molecule has 1 fully saturated rings. The summed E-state index contributed by atoms with van der Waals surface area (Å²) in [5.41, 5.74) is 0.410. The summed E-state index contributed by atoms with van der Waals surface area (Å²) >= 11 is 0. The van der Waals surface area contributed by atoms with Crippen molar-refractivity contribution in [2.45, 2.75) is 0 Å². The Labute approximate surface area is 122 Å². The Morgan fingerprint density at radius 1 is 1.48 bits per heavy atom. The number of hydrogen-bond acceptors (Lipinski definition) is 4. The number of methoxy groups -OCH3 is 1. The van der Waals surface area contributed by atoms with Crippen molar-refractivity contribution in [3.05, 3.63) is 35.2 Å². The van der Waals surface area contributed by atoms with Crippen LogP contribution in [-0.4, -0.2) is 44.2 Å². The van der Waals surface area contributed by atoms with Crippen molar-refractivity contribution in [2.75, 3.05) is 33.4 Å². The van der Waals surface area contributed by atoms with Gasteiger partial charge in [0.2, 0.25) is 0 Å². The topological polar surface area (TPSA) is 62.6 Å². The molecule has 6 heteroatoms. The summed E-state index contributed by atoms with van der Waals surface area (Å²) in [5.74, 6) is -0.787. The van der Waals surface area contributed by atoms with Gasteiger partial charge in [-0.15, -0.1) is 0 Å². The van der Waals surface area contributed by atoms with Crippen LogP contribution in [0.3, 0.4) is 0 Å². The van der Waals surface area contributed by atoms with Crippen LogP contribution in [0.1, 0.15) is 5.56 Å². The lowest BCUT2D eigenvalue weighted by Crippen LogP contribution is -2.41. The van der Waals surface area contributed by atoms with Gasteiger partial charge in [-0.05, 0) is 23.8 Å². The molecule has 110 valence electrons. The zero-order chi connectivity index (χ0) is 15.2. The third-order valence-corrected chi connectivity index (χ3v) is 3.14. The first-order chi connectivity index (χ1) is 10.2. The van der Waals surface area contributed by atoms with Crippen LogP contribution in [0.15, 0.2) is 23.8 Å². The first kappa shape index (κ1) is 15.0. The Kier molecular flexibility index (Phi) is 4.90. The maximum Gasteiger partial charge on any atom is 0.264 e. The molecule has 21 heavy (non-hydrogen) atoms. The predicted molar refractivity (Wildman–Crippen MR) is 73.9 cm³/mol. The number of carbonyl (C=O) groups excluding carboxylic acids is 1. The van der Waals surface area contributed by atoms with Gasteiger partial charge >= 0.3 is 0 Å². The van der Waals surface area contributed by atoms with Gasteiger partial charge in [0.25, 0.3) is 5.91 Å². The van der Waals surface area contributed by atoms with Crippen LogP contribution in [0.25, 0.3) is 6.08 Å². The summed E-state index contributed by atoms with van der Waals surface area (Å²) in [4.78, 5) is 13.8. The van der Waals surface area contributed by atoms with Crippen molar-refractivity contribution in [3.8, 4) is 11.8 Å². The van der Waals surface area contributed by atoms with Crippen molar-refractivity contribution in [2.24, 2.45) is 0 Å².